The van der Waals surface area contributed by atoms with Gasteiger partial charge in [-0.15, -0.1) is 0 Å². The molecule has 0 radical (unpaired) electrons. The number of aromatic hydroxyl groups is 2. The van der Waals surface area contributed by atoms with Crippen molar-refractivity contribution in [3.8, 4) is 11.5 Å². The zero-order valence-corrected chi connectivity index (χ0v) is 10.9. The molecule has 1 amide bonds. The van der Waals surface area contributed by atoms with Gasteiger partial charge >= 0.3 is 6.18 Å². The number of nitrogens with one attached hydrogen (secondary N) is 1. The molecule has 4 nitrogen and oxygen atoms in total. The molecular weight excluding hydrogens is 275 g/mol. The Kier molecular flexibility index (Phi) is 5.24. The molecule has 1 aromatic carbocycles. The number of phenols is 2. The molecule has 0 spiro atoms. The van der Waals surface area contributed by atoms with E-state index in [1.807, 2.05) is 0 Å². The number of hydrogen-bond acceptors (Lipinski definition) is 3. The highest BCUT2D eigenvalue weighted by atomic mass is 19.4. The first-order valence-corrected chi connectivity index (χ1v) is 6.04. The maximum atomic E-state index is 12.0. The van der Waals surface area contributed by atoms with Gasteiger partial charge in [-0.2, -0.15) is 13.2 Å². The number of phenolic OH excluding ortho intramolecular Hbond substituents is 2. The van der Waals surface area contributed by atoms with Crippen LogP contribution in [0, 0.1) is 0 Å². The lowest BCUT2D eigenvalue weighted by Gasteiger charge is -2.15. The molecule has 0 saturated carbocycles. The minimum absolute atomic E-state index is 0.254. The van der Waals surface area contributed by atoms with Crippen molar-refractivity contribution in [3.05, 3.63) is 23.8 Å². The summed E-state index contributed by atoms with van der Waals surface area (Å²) < 4.78 is 35.9. The highest BCUT2D eigenvalue weighted by molar-refractivity contribution is 5.76. The van der Waals surface area contributed by atoms with E-state index in [0.29, 0.717) is 12.0 Å². The number of alkyl halides is 3. The van der Waals surface area contributed by atoms with Crippen LogP contribution < -0.4 is 5.32 Å². The summed E-state index contributed by atoms with van der Waals surface area (Å²) in [6, 6.07) is 3.84. The summed E-state index contributed by atoms with van der Waals surface area (Å²) in [6.07, 6.45) is -5.75. The number of carbonyl (C=O) groups excluding carboxylic acids is 1. The highest BCUT2D eigenvalue weighted by Crippen LogP contribution is 2.25. The van der Waals surface area contributed by atoms with Gasteiger partial charge in [0.2, 0.25) is 5.91 Å². The standard InChI is InChI=1S/C13H16F3NO3/c1-8(17-12(20)4-5-13(14,15)16)6-9-2-3-10(18)11(19)7-9/h2-3,7-8,18-19H,4-6H2,1H3,(H,17,20)/t8-/m0/s1. The van der Waals surface area contributed by atoms with Gasteiger partial charge in [0.15, 0.2) is 11.5 Å². The van der Waals surface area contributed by atoms with E-state index < -0.39 is 24.9 Å². The normalized spacial score (nSPS) is 13.0. The molecule has 20 heavy (non-hydrogen) atoms. The first-order chi connectivity index (χ1) is 9.17. The van der Waals surface area contributed by atoms with E-state index in [2.05, 4.69) is 5.32 Å². The summed E-state index contributed by atoms with van der Waals surface area (Å²) in [5.41, 5.74) is 0.656. The Bertz CT molecular complexity index is 474. The van der Waals surface area contributed by atoms with Gasteiger partial charge in [0.05, 0.1) is 6.42 Å². The molecule has 0 bridgehead atoms. The minimum atomic E-state index is -4.34. The Morgan fingerprint density at radius 3 is 2.50 bits per heavy atom. The Morgan fingerprint density at radius 1 is 1.30 bits per heavy atom. The molecular formula is C13H16F3NO3. The molecule has 3 N–H and O–H groups in total. The third-order valence-corrected chi connectivity index (χ3v) is 2.62. The predicted molar refractivity (Wildman–Crippen MR) is 66.4 cm³/mol. The van der Waals surface area contributed by atoms with Gasteiger partial charge in [-0.25, -0.2) is 0 Å². The van der Waals surface area contributed by atoms with Crippen molar-refractivity contribution >= 4 is 5.91 Å². The number of benzene rings is 1. The fraction of sp³-hybridized carbons (Fsp3) is 0.462. The second-order valence-electron chi connectivity index (χ2n) is 4.61. The van der Waals surface area contributed by atoms with Crippen LogP contribution >= 0.6 is 0 Å². The lowest BCUT2D eigenvalue weighted by molar-refractivity contribution is -0.144. The summed E-state index contributed by atoms with van der Waals surface area (Å²) in [5.74, 6) is -1.20. The SMILES string of the molecule is C[C@@H](Cc1ccc(O)c(O)c1)NC(=O)CCC(F)(F)F. The molecule has 0 unspecified atom stereocenters. The molecule has 0 fully saturated rings. The van der Waals surface area contributed by atoms with Crippen LogP contribution in [0.3, 0.4) is 0 Å². The molecule has 0 aliphatic heterocycles. The third-order valence-electron chi connectivity index (χ3n) is 2.62. The topological polar surface area (TPSA) is 69.6 Å². The summed E-state index contributed by atoms with van der Waals surface area (Å²) in [5, 5.41) is 20.9. The molecule has 1 aromatic rings. The van der Waals surface area contributed by atoms with E-state index in [4.69, 9.17) is 5.11 Å². The van der Waals surface area contributed by atoms with Crippen molar-refractivity contribution in [1.29, 1.82) is 0 Å². The number of carbonyl (C=O) groups is 1. The quantitative estimate of drug-likeness (QED) is 0.730. The van der Waals surface area contributed by atoms with Crippen molar-refractivity contribution in [1.82, 2.24) is 5.32 Å². The van der Waals surface area contributed by atoms with Crippen LogP contribution in [0.5, 0.6) is 11.5 Å². The van der Waals surface area contributed by atoms with Crippen LogP contribution in [0.2, 0.25) is 0 Å². The monoisotopic (exact) mass is 291 g/mol. The summed E-state index contributed by atoms with van der Waals surface area (Å²) >= 11 is 0. The first-order valence-electron chi connectivity index (χ1n) is 6.04. The Balaban J connectivity index is 2.44. The molecule has 112 valence electrons. The number of rotatable bonds is 5. The molecule has 0 heterocycles. The van der Waals surface area contributed by atoms with E-state index in [1.165, 1.54) is 12.1 Å². The van der Waals surface area contributed by atoms with Crippen molar-refractivity contribution in [2.24, 2.45) is 0 Å². The van der Waals surface area contributed by atoms with Crippen LogP contribution in [-0.4, -0.2) is 28.3 Å². The van der Waals surface area contributed by atoms with E-state index in [9.17, 15) is 23.1 Å². The summed E-state index contributed by atoms with van der Waals surface area (Å²) in [6.45, 7) is 1.65. The first kappa shape index (κ1) is 16.1. The van der Waals surface area contributed by atoms with E-state index >= 15 is 0 Å². The fourth-order valence-corrected chi connectivity index (χ4v) is 1.70. The lowest BCUT2D eigenvalue weighted by Crippen LogP contribution is -2.34. The number of amides is 1. The second-order valence-corrected chi connectivity index (χ2v) is 4.61. The largest absolute Gasteiger partial charge is 0.504 e. The van der Waals surface area contributed by atoms with Gasteiger partial charge < -0.3 is 15.5 Å². The molecule has 0 aliphatic carbocycles. The zero-order chi connectivity index (χ0) is 15.3. The van der Waals surface area contributed by atoms with Gasteiger partial charge in [-0.3, -0.25) is 4.79 Å². The predicted octanol–water partition coefficient (Wildman–Crippen LogP) is 2.49. The van der Waals surface area contributed by atoms with Crippen LogP contribution in [0.1, 0.15) is 25.3 Å². The van der Waals surface area contributed by atoms with Gasteiger partial charge in [-0.05, 0) is 31.0 Å². The molecule has 1 atom stereocenters. The Morgan fingerprint density at radius 2 is 1.95 bits per heavy atom. The minimum Gasteiger partial charge on any atom is -0.504 e. The Labute approximate surface area is 114 Å². The lowest BCUT2D eigenvalue weighted by atomic mass is 10.1. The molecule has 0 aliphatic rings. The molecule has 1 rings (SSSR count). The third kappa shape index (κ3) is 5.81. The van der Waals surface area contributed by atoms with Crippen LogP contribution in [0.25, 0.3) is 0 Å². The van der Waals surface area contributed by atoms with Gasteiger partial charge in [-0.1, -0.05) is 6.07 Å². The highest BCUT2D eigenvalue weighted by Gasteiger charge is 2.28. The van der Waals surface area contributed by atoms with Gasteiger partial charge in [0.25, 0.3) is 0 Å². The molecule has 7 heteroatoms. The molecule has 0 saturated heterocycles. The van der Waals surface area contributed by atoms with Crippen LogP contribution in [0.4, 0.5) is 13.2 Å². The van der Waals surface area contributed by atoms with Crippen LogP contribution in [0.15, 0.2) is 18.2 Å². The smallest absolute Gasteiger partial charge is 0.389 e. The summed E-state index contributed by atoms with van der Waals surface area (Å²) in [4.78, 5) is 11.3. The average Bonchev–Trinajstić information content (AvgIpc) is 2.30. The maximum Gasteiger partial charge on any atom is 0.389 e. The van der Waals surface area contributed by atoms with Crippen molar-refractivity contribution in [2.75, 3.05) is 0 Å². The average molecular weight is 291 g/mol. The van der Waals surface area contributed by atoms with E-state index in [1.54, 1.807) is 13.0 Å². The summed E-state index contributed by atoms with van der Waals surface area (Å²) in [7, 11) is 0. The fourth-order valence-electron chi connectivity index (χ4n) is 1.70. The van der Waals surface area contributed by atoms with Gasteiger partial charge in [0, 0.05) is 12.5 Å². The van der Waals surface area contributed by atoms with E-state index in [-0.39, 0.29) is 17.5 Å². The van der Waals surface area contributed by atoms with Crippen molar-refractivity contribution in [3.63, 3.8) is 0 Å². The second kappa shape index (κ2) is 6.49. The van der Waals surface area contributed by atoms with Crippen LogP contribution in [-0.2, 0) is 11.2 Å². The Hall–Kier alpha value is -1.92. The number of halogens is 3. The molecule has 0 aromatic heterocycles. The van der Waals surface area contributed by atoms with E-state index in [0.717, 1.165) is 0 Å². The zero-order valence-electron chi connectivity index (χ0n) is 10.9. The number of hydrogen-bond donors (Lipinski definition) is 3. The maximum absolute atomic E-state index is 12.0. The van der Waals surface area contributed by atoms with Crippen molar-refractivity contribution < 1.29 is 28.2 Å². The van der Waals surface area contributed by atoms with Gasteiger partial charge in [0.1, 0.15) is 0 Å². The van der Waals surface area contributed by atoms with Crippen molar-refractivity contribution in [2.45, 2.75) is 38.4 Å².